The second kappa shape index (κ2) is 6.39. The summed E-state index contributed by atoms with van der Waals surface area (Å²) in [6.45, 7) is 7.68. The molecule has 0 radical (unpaired) electrons. The molecule has 0 aliphatic carbocycles. The van der Waals surface area contributed by atoms with Crippen molar-refractivity contribution < 1.29 is 9.59 Å². The van der Waals surface area contributed by atoms with Crippen LogP contribution in [-0.4, -0.2) is 35.8 Å². The molecule has 1 aromatic carbocycles. The molecule has 0 aliphatic rings. The summed E-state index contributed by atoms with van der Waals surface area (Å²) in [7, 11) is 1.62. The molecule has 5 heteroatoms. The molecule has 0 saturated carbocycles. The Labute approximate surface area is 128 Å². The molecule has 0 saturated heterocycles. The zero-order valence-corrected chi connectivity index (χ0v) is 14.2. The normalized spacial score (nSPS) is 11.1. The fourth-order valence-corrected chi connectivity index (χ4v) is 2.20. The molecule has 4 nitrogen and oxygen atoms in total. The average Bonchev–Trinajstić information content (AvgIpc) is 2.29. The first-order valence-electron chi connectivity index (χ1n) is 6.43. The maximum absolute atomic E-state index is 12.3. The highest BCUT2D eigenvalue weighted by atomic mass is 79.9. The summed E-state index contributed by atoms with van der Waals surface area (Å²) >= 11 is 3.42. The minimum atomic E-state index is -0.301. The highest BCUT2D eigenvalue weighted by Gasteiger charge is 2.20. The van der Waals surface area contributed by atoms with Crippen LogP contribution in [0.1, 0.15) is 36.7 Å². The maximum atomic E-state index is 12.3. The van der Waals surface area contributed by atoms with E-state index in [0.717, 1.165) is 10.0 Å². The van der Waals surface area contributed by atoms with Crippen molar-refractivity contribution >= 4 is 27.7 Å². The largest absolute Gasteiger partial charge is 0.350 e. The first kappa shape index (κ1) is 16.7. The minimum Gasteiger partial charge on any atom is -0.350 e. The van der Waals surface area contributed by atoms with Crippen molar-refractivity contribution in [1.82, 2.24) is 10.2 Å². The summed E-state index contributed by atoms with van der Waals surface area (Å²) in [5.74, 6) is -0.346. The molecule has 0 aromatic heterocycles. The zero-order chi connectivity index (χ0) is 15.5. The van der Waals surface area contributed by atoms with E-state index in [1.165, 1.54) is 4.90 Å². The van der Waals surface area contributed by atoms with Gasteiger partial charge in [0.15, 0.2) is 0 Å². The van der Waals surface area contributed by atoms with E-state index in [-0.39, 0.29) is 23.9 Å². The van der Waals surface area contributed by atoms with Crippen molar-refractivity contribution in [3.8, 4) is 0 Å². The number of carbonyl (C=O) groups excluding carboxylic acids is 2. The number of hydrogen-bond acceptors (Lipinski definition) is 2. The number of amides is 2. The van der Waals surface area contributed by atoms with Gasteiger partial charge in [-0.1, -0.05) is 12.1 Å². The molecule has 0 bridgehead atoms. The first-order chi connectivity index (χ1) is 9.11. The smallest absolute Gasteiger partial charge is 0.255 e. The van der Waals surface area contributed by atoms with Gasteiger partial charge in [-0.2, -0.15) is 0 Å². The van der Waals surface area contributed by atoms with Crippen LogP contribution in [0.5, 0.6) is 0 Å². The van der Waals surface area contributed by atoms with Gasteiger partial charge in [-0.25, -0.2) is 0 Å². The van der Waals surface area contributed by atoms with Crippen LogP contribution in [0.25, 0.3) is 0 Å². The van der Waals surface area contributed by atoms with Gasteiger partial charge in [-0.15, -0.1) is 0 Å². The fraction of sp³-hybridized carbons (Fsp3) is 0.467. The molecule has 0 atom stereocenters. The Bertz CT molecular complexity index is 521. The number of hydrogen-bond donors (Lipinski definition) is 1. The number of carbonyl (C=O) groups is 2. The minimum absolute atomic E-state index is 0.0382. The lowest BCUT2D eigenvalue weighted by molar-refractivity contribution is -0.122. The molecule has 20 heavy (non-hydrogen) atoms. The second-order valence-electron chi connectivity index (χ2n) is 5.90. The summed E-state index contributed by atoms with van der Waals surface area (Å²) in [5.41, 5.74) is 1.25. The van der Waals surface area contributed by atoms with E-state index in [2.05, 4.69) is 21.2 Å². The molecule has 0 heterocycles. The summed E-state index contributed by atoms with van der Waals surface area (Å²) in [6, 6.07) is 5.50. The third kappa shape index (κ3) is 4.63. The van der Waals surface area contributed by atoms with Crippen LogP contribution >= 0.6 is 15.9 Å². The van der Waals surface area contributed by atoms with Crippen LogP contribution in [0.15, 0.2) is 22.7 Å². The van der Waals surface area contributed by atoms with Crippen LogP contribution in [-0.2, 0) is 4.79 Å². The van der Waals surface area contributed by atoms with Gasteiger partial charge in [0.2, 0.25) is 5.91 Å². The Hall–Kier alpha value is -1.36. The van der Waals surface area contributed by atoms with Crippen LogP contribution in [0.4, 0.5) is 0 Å². The quantitative estimate of drug-likeness (QED) is 0.919. The van der Waals surface area contributed by atoms with Gasteiger partial charge < -0.3 is 10.2 Å². The first-order valence-corrected chi connectivity index (χ1v) is 7.22. The van der Waals surface area contributed by atoms with Crippen LogP contribution in [0, 0.1) is 6.92 Å². The number of halogens is 1. The summed E-state index contributed by atoms with van der Waals surface area (Å²) < 4.78 is 0.771. The topological polar surface area (TPSA) is 49.4 Å². The summed E-state index contributed by atoms with van der Waals surface area (Å²) in [6.07, 6.45) is 0. The zero-order valence-electron chi connectivity index (χ0n) is 12.6. The van der Waals surface area contributed by atoms with Gasteiger partial charge in [0.05, 0.1) is 12.1 Å². The highest BCUT2D eigenvalue weighted by Crippen LogP contribution is 2.22. The molecule has 0 unspecified atom stereocenters. The Morgan fingerprint density at radius 2 is 1.90 bits per heavy atom. The van der Waals surface area contributed by atoms with Gasteiger partial charge in [0, 0.05) is 17.1 Å². The maximum Gasteiger partial charge on any atom is 0.255 e. The van der Waals surface area contributed by atoms with Gasteiger partial charge in [-0.3, -0.25) is 9.59 Å². The van der Waals surface area contributed by atoms with Crippen molar-refractivity contribution in [3.05, 3.63) is 33.8 Å². The van der Waals surface area contributed by atoms with E-state index in [1.807, 2.05) is 39.8 Å². The lowest BCUT2D eigenvalue weighted by Gasteiger charge is -2.23. The van der Waals surface area contributed by atoms with E-state index in [4.69, 9.17) is 0 Å². The molecule has 0 spiro atoms. The number of nitrogens with one attached hydrogen (secondary N) is 1. The highest BCUT2D eigenvalue weighted by molar-refractivity contribution is 9.10. The van der Waals surface area contributed by atoms with E-state index >= 15 is 0 Å². The molecule has 1 N–H and O–H groups in total. The van der Waals surface area contributed by atoms with Crippen LogP contribution < -0.4 is 5.32 Å². The lowest BCUT2D eigenvalue weighted by Crippen LogP contribution is -2.46. The van der Waals surface area contributed by atoms with E-state index < -0.39 is 0 Å². The molecule has 110 valence electrons. The van der Waals surface area contributed by atoms with Crippen molar-refractivity contribution in [2.45, 2.75) is 33.2 Å². The third-order valence-electron chi connectivity index (χ3n) is 2.66. The van der Waals surface area contributed by atoms with Crippen molar-refractivity contribution in [1.29, 1.82) is 0 Å². The van der Waals surface area contributed by atoms with Gasteiger partial charge in [0.1, 0.15) is 0 Å². The molecule has 1 aromatic rings. The third-order valence-corrected chi connectivity index (χ3v) is 3.72. The van der Waals surface area contributed by atoms with Crippen LogP contribution in [0.3, 0.4) is 0 Å². The number of rotatable bonds is 3. The molecule has 0 fully saturated rings. The fourth-order valence-electron chi connectivity index (χ4n) is 1.76. The van der Waals surface area contributed by atoms with E-state index in [9.17, 15) is 9.59 Å². The van der Waals surface area contributed by atoms with Crippen molar-refractivity contribution in [3.63, 3.8) is 0 Å². The SMILES string of the molecule is Cc1cccc(C(=O)N(C)CC(=O)NC(C)(C)C)c1Br. The van der Waals surface area contributed by atoms with Crippen molar-refractivity contribution in [2.24, 2.45) is 0 Å². The Kier molecular flexibility index (Phi) is 5.34. The molecular formula is C15H21BrN2O2. The number of benzene rings is 1. The predicted octanol–water partition coefficient (Wildman–Crippen LogP) is 2.74. The molecule has 0 aliphatic heterocycles. The Balaban J connectivity index is 2.77. The van der Waals surface area contributed by atoms with Crippen molar-refractivity contribution in [2.75, 3.05) is 13.6 Å². The van der Waals surface area contributed by atoms with Gasteiger partial charge in [-0.05, 0) is 55.3 Å². The summed E-state index contributed by atoms with van der Waals surface area (Å²) in [5, 5.41) is 2.84. The monoisotopic (exact) mass is 340 g/mol. The summed E-state index contributed by atoms with van der Waals surface area (Å²) in [4.78, 5) is 25.6. The second-order valence-corrected chi connectivity index (χ2v) is 6.69. The Morgan fingerprint density at radius 1 is 1.30 bits per heavy atom. The standard InChI is InChI=1S/C15H21BrN2O2/c1-10-7-6-8-11(13(10)16)14(20)18(5)9-12(19)17-15(2,3)4/h6-8H,9H2,1-5H3,(H,17,19). The van der Waals surface area contributed by atoms with Gasteiger partial charge in [0.25, 0.3) is 5.91 Å². The van der Waals surface area contributed by atoms with Crippen LogP contribution in [0.2, 0.25) is 0 Å². The molecular weight excluding hydrogens is 320 g/mol. The average molecular weight is 341 g/mol. The van der Waals surface area contributed by atoms with E-state index in [1.54, 1.807) is 13.1 Å². The number of likely N-dealkylation sites (N-methyl/N-ethyl adjacent to an activating group) is 1. The Morgan fingerprint density at radius 3 is 2.45 bits per heavy atom. The van der Waals surface area contributed by atoms with Gasteiger partial charge >= 0.3 is 0 Å². The van der Waals surface area contributed by atoms with E-state index in [0.29, 0.717) is 5.56 Å². The number of aryl methyl sites for hydroxylation is 1. The lowest BCUT2D eigenvalue weighted by atomic mass is 10.1. The molecule has 2 amide bonds. The number of nitrogens with zero attached hydrogens (tertiary/aromatic N) is 1. The predicted molar refractivity (Wildman–Crippen MR) is 83.7 cm³/mol. The molecule has 1 rings (SSSR count).